The lowest BCUT2D eigenvalue weighted by Crippen LogP contribution is -2.33. The van der Waals surface area contributed by atoms with Gasteiger partial charge in [-0.15, -0.1) is 0 Å². The number of carbonyl (C=O) groups excluding carboxylic acids is 1. The number of rotatable bonds is 3. The van der Waals surface area contributed by atoms with Crippen LogP contribution in [0, 0.1) is 6.92 Å². The van der Waals surface area contributed by atoms with E-state index in [-0.39, 0.29) is 11.9 Å². The number of nitrogens with zero attached hydrogens (tertiary/aromatic N) is 1. The quantitative estimate of drug-likeness (QED) is 0.894. The number of likely N-dealkylation sites (tertiary alicyclic amines) is 1. The minimum absolute atomic E-state index is 0.0227. The van der Waals surface area contributed by atoms with Crippen LogP contribution in [-0.4, -0.2) is 36.5 Å². The first kappa shape index (κ1) is 13.5. The second-order valence-electron chi connectivity index (χ2n) is 4.79. The van der Waals surface area contributed by atoms with Crippen molar-refractivity contribution in [1.82, 2.24) is 4.90 Å². The summed E-state index contributed by atoms with van der Waals surface area (Å²) in [6.07, 6.45) is 0.977. The smallest absolute Gasteiger partial charge is 0.238 e. The molecule has 0 spiro atoms. The number of carbonyl (C=O) groups is 1. The summed E-state index contributed by atoms with van der Waals surface area (Å²) in [5.41, 5.74) is 7.73. The molecule has 18 heavy (non-hydrogen) atoms. The molecule has 2 rings (SSSR count). The van der Waals surface area contributed by atoms with Crippen molar-refractivity contribution in [2.45, 2.75) is 19.4 Å². The highest BCUT2D eigenvalue weighted by molar-refractivity contribution is 9.10. The highest BCUT2D eigenvalue weighted by atomic mass is 79.9. The number of anilines is 1. The van der Waals surface area contributed by atoms with Crippen LogP contribution in [0.15, 0.2) is 22.7 Å². The maximum Gasteiger partial charge on any atom is 0.238 e. The van der Waals surface area contributed by atoms with Gasteiger partial charge in [0, 0.05) is 29.3 Å². The van der Waals surface area contributed by atoms with Crippen molar-refractivity contribution in [1.29, 1.82) is 0 Å². The van der Waals surface area contributed by atoms with E-state index in [1.807, 2.05) is 25.1 Å². The van der Waals surface area contributed by atoms with Crippen LogP contribution in [0.3, 0.4) is 0 Å². The Bertz CT molecular complexity index is 450. The molecule has 1 atom stereocenters. The van der Waals surface area contributed by atoms with Gasteiger partial charge in [-0.3, -0.25) is 9.69 Å². The van der Waals surface area contributed by atoms with Crippen LogP contribution in [-0.2, 0) is 4.79 Å². The fourth-order valence-corrected chi connectivity index (χ4v) is 2.64. The van der Waals surface area contributed by atoms with Gasteiger partial charge < -0.3 is 11.1 Å². The SMILES string of the molecule is Cc1cc(Br)ccc1NC(=O)CN1CC[C@@H](N)C1. The van der Waals surface area contributed by atoms with E-state index in [1.165, 1.54) is 0 Å². The maximum absolute atomic E-state index is 11.9. The van der Waals surface area contributed by atoms with E-state index in [4.69, 9.17) is 5.73 Å². The molecule has 0 bridgehead atoms. The molecular weight excluding hydrogens is 294 g/mol. The largest absolute Gasteiger partial charge is 0.326 e. The molecule has 0 radical (unpaired) electrons. The zero-order valence-corrected chi connectivity index (χ0v) is 12.0. The summed E-state index contributed by atoms with van der Waals surface area (Å²) in [5.74, 6) is 0.0227. The number of aryl methyl sites for hydroxylation is 1. The van der Waals surface area contributed by atoms with Crippen LogP contribution in [0.2, 0.25) is 0 Å². The van der Waals surface area contributed by atoms with Gasteiger partial charge in [0.05, 0.1) is 6.54 Å². The fraction of sp³-hybridized carbons (Fsp3) is 0.462. The number of amides is 1. The van der Waals surface area contributed by atoms with Gasteiger partial charge in [0.1, 0.15) is 0 Å². The number of hydrogen-bond donors (Lipinski definition) is 2. The molecule has 1 aliphatic rings. The molecule has 0 unspecified atom stereocenters. The number of benzene rings is 1. The van der Waals surface area contributed by atoms with E-state index in [0.29, 0.717) is 6.54 Å². The second-order valence-corrected chi connectivity index (χ2v) is 5.71. The van der Waals surface area contributed by atoms with Gasteiger partial charge in [-0.1, -0.05) is 15.9 Å². The third-order valence-electron chi connectivity index (χ3n) is 3.14. The molecule has 1 aromatic carbocycles. The third-order valence-corrected chi connectivity index (χ3v) is 3.63. The van der Waals surface area contributed by atoms with Crippen LogP contribution >= 0.6 is 15.9 Å². The van der Waals surface area contributed by atoms with Crippen LogP contribution in [0.5, 0.6) is 0 Å². The zero-order chi connectivity index (χ0) is 13.1. The monoisotopic (exact) mass is 311 g/mol. The Morgan fingerprint density at radius 2 is 2.39 bits per heavy atom. The van der Waals surface area contributed by atoms with Crippen molar-refractivity contribution in [3.63, 3.8) is 0 Å². The number of nitrogens with one attached hydrogen (secondary N) is 1. The fourth-order valence-electron chi connectivity index (χ4n) is 2.17. The average Bonchev–Trinajstić information content (AvgIpc) is 2.68. The van der Waals surface area contributed by atoms with Crippen molar-refractivity contribution in [2.75, 3.05) is 25.0 Å². The Morgan fingerprint density at radius 1 is 1.61 bits per heavy atom. The predicted molar refractivity (Wildman–Crippen MR) is 76.5 cm³/mol. The molecule has 1 aromatic rings. The minimum atomic E-state index is 0.0227. The summed E-state index contributed by atoms with van der Waals surface area (Å²) in [5, 5.41) is 2.94. The summed E-state index contributed by atoms with van der Waals surface area (Å²) in [6.45, 7) is 4.12. The van der Waals surface area contributed by atoms with Crippen molar-refractivity contribution in [3.05, 3.63) is 28.2 Å². The minimum Gasteiger partial charge on any atom is -0.326 e. The molecule has 0 aromatic heterocycles. The molecule has 5 heteroatoms. The third kappa shape index (κ3) is 3.54. The first-order valence-corrected chi connectivity index (χ1v) is 6.88. The molecule has 3 N–H and O–H groups in total. The van der Waals surface area contributed by atoms with Gasteiger partial charge in [-0.25, -0.2) is 0 Å². The van der Waals surface area contributed by atoms with Gasteiger partial charge in [0.15, 0.2) is 0 Å². The van der Waals surface area contributed by atoms with Crippen molar-refractivity contribution >= 4 is 27.5 Å². The molecular formula is C13H18BrN3O. The topological polar surface area (TPSA) is 58.4 Å². The lowest BCUT2D eigenvalue weighted by atomic mass is 10.2. The number of nitrogens with two attached hydrogens (primary N) is 1. The molecule has 1 saturated heterocycles. The van der Waals surface area contributed by atoms with E-state index in [2.05, 4.69) is 26.1 Å². The Labute approximate surface area is 116 Å². The van der Waals surface area contributed by atoms with Crippen LogP contribution in [0.1, 0.15) is 12.0 Å². The van der Waals surface area contributed by atoms with E-state index >= 15 is 0 Å². The van der Waals surface area contributed by atoms with E-state index in [1.54, 1.807) is 0 Å². The molecule has 1 amide bonds. The van der Waals surface area contributed by atoms with Crippen molar-refractivity contribution in [2.24, 2.45) is 5.73 Å². The van der Waals surface area contributed by atoms with E-state index in [9.17, 15) is 4.79 Å². The summed E-state index contributed by atoms with van der Waals surface area (Å²) < 4.78 is 1.02. The summed E-state index contributed by atoms with van der Waals surface area (Å²) >= 11 is 3.41. The van der Waals surface area contributed by atoms with E-state index in [0.717, 1.165) is 35.2 Å². The lowest BCUT2D eigenvalue weighted by Gasteiger charge is -2.15. The average molecular weight is 312 g/mol. The van der Waals surface area contributed by atoms with Crippen LogP contribution in [0.25, 0.3) is 0 Å². The molecule has 1 heterocycles. The maximum atomic E-state index is 11.9. The van der Waals surface area contributed by atoms with Gasteiger partial charge >= 0.3 is 0 Å². The van der Waals surface area contributed by atoms with Crippen LogP contribution in [0.4, 0.5) is 5.69 Å². The standard InChI is InChI=1S/C13H18BrN3O/c1-9-6-10(14)2-3-12(9)16-13(18)8-17-5-4-11(15)7-17/h2-3,6,11H,4-5,7-8,15H2,1H3,(H,16,18)/t11-/m1/s1. The first-order valence-electron chi connectivity index (χ1n) is 6.08. The van der Waals surface area contributed by atoms with Gasteiger partial charge in [-0.05, 0) is 37.1 Å². The second kappa shape index (κ2) is 5.82. The normalized spacial score (nSPS) is 20.1. The molecule has 0 aliphatic carbocycles. The number of halogens is 1. The number of hydrogen-bond acceptors (Lipinski definition) is 3. The van der Waals surface area contributed by atoms with Crippen LogP contribution < -0.4 is 11.1 Å². The highest BCUT2D eigenvalue weighted by Gasteiger charge is 2.21. The van der Waals surface area contributed by atoms with E-state index < -0.39 is 0 Å². The molecule has 0 saturated carbocycles. The summed E-state index contributed by atoms with van der Waals surface area (Å²) in [4.78, 5) is 14.0. The molecule has 4 nitrogen and oxygen atoms in total. The molecule has 1 aliphatic heterocycles. The Balaban J connectivity index is 1.91. The van der Waals surface area contributed by atoms with Crippen molar-refractivity contribution < 1.29 is 4.79 Å². The summed E-state index contributed by atoms with van der Waals surface area (Å²) in [7, 11) is 0. The zero-order valence-electron chi connectivity index (χ0n) is 10.4. The van der Waals surface area contributed by atoms with Gasteiger partial charge in [0.2, 0.25) is 5.91 Å². The molecule has 98 valence electrons. The van der Waals surface area contributed by atoms with Gasteiger partial charge in [0.25, 0.3) is 0 Å². The van der Waals surface area contributed by atoms with Crippen molar-refractivity contribution in [3.8, 4) is 0 Å². The Morgan fingerprint density at radius 3 is 3.00 bits per heavy atom. The van der Waals surface area contributed by atoms with Gasteiger partial charge in [-0.2, -0.15) is 0 Å². The highest BCUT2D eigenvalue weighted by Crippen LogP contribution is 2.20. The predicted octanol–water partition coefficient (Wildman–Crippen LogP) is 1.73. The lowest BCUT2D eigenvalue weighted by molar-refractivity contribution is -0.117. The Kier molecular flexibility index (Phi) is 4.37. The molecule has 1 fully saturated rings. The first-order chi connectivity index (χ1) is 8.54. The Hall–Kier alpha value is -0.910. The summed E-state index contributed by atoms with van der Waals surface area (Å²) in [6, 6.07) is 6.04.